The number of ether oxygens (including phenoxy) is 3. The highest BCUT2D eigenvalue weighted by atomic mass is 79.9. The third kappa shape index (κ3) is 4.00. The molecule has 1 atom stereocenters. The number of hydrogen-bond donors (Lipinski definition) is 1. The van der Waals surface area contributed by atoms with Crippen molar-refractivity contribution < 1.29 is 23.8 Å². The predicted octanol–water partition coefficient (Wildman–Crippen LogP) is 2.76. The van der Waals surface area contributed by atoms with Crippen LogP contribution >= 0.6 is 15.9 Å². The van der Waals surface area contributed by atoms with Crippen molar-refractivity contribution in [2.24, 2.45) is 0 Å². The molecule has 1 aromatic rings. The number of rotatable bonds is 7. The van der Waals surface area contributed by atoms with Crippen LogP contribution in [0.2, 0.25) is 0 Å². The summed E-state index contributed by atoms with van der Waals surface area (Å²) in [6.07, 6.45) is 0.729. The van der Waals surface area contributed by atoms with E-state index in [1.807, 2.05) is 26.0 Å². The van der Waals surface area contributed by atoms with Crippen molar-refractivity contribution in [3.05, 3.63) is 39.1 Å². The van der Waals surface area contributed by atoms with Gasteiger partial charge in [0.15, 0.2) is 0 Å². The molecular weight excluding hydrogens is 402 g/mol. The van der Waals surface area contributed by atoms with E-state index >= 15 is 0 Å². The first kappa shape index (κ1) is 20.6. The van der Waals surface area contributed by atoms with Crippen LogP contribution in [0.4, 0.5) is 0 Å². The molecular formula is C19H24BrNO5. The van der Waals surface area contributed by atoms with E-state index < -0.39 is 11.5 Å². The Morgan fingerprint density at radius 2 is 1.96 bits per heavy atom. The van der Waals surface area contributed by atoms with Gasteiger partial charge in [0.05, 0.1) is 12.2 Å². The van der Waals surface area contributed by atoms with Gasteiger partial charge in [-0.1, -0.05) is 22.9 Å². The summed E-state index contributed by atoms with van der Waals surface area (Å²) in [5, 5.41) is 2.90. The SMILES string of the molecule is CCc1cc(Br)cc(C)c1C1=C(OC(=O)COC)C(C)(COC)NC1=O. The van der Waals surface area contributed by atoms with E-state index in [0.717, 1.165) is 27.6 Å². The molecule has 0 bridgehead atoms. The van der Waals surface area contributed by atoms with Crippen molar-refractivity contribution in [2.75, 3.05) is 27.4 Å². The predicted molar refractivity (Wildman–Crippen MR) is 102 cm³/mol. The lowest BCUT2D eigenvalue weighted by Gasteiger charge is -2.26. The molecule has 0 spiro atoms. The molecule has 1 aliphatic rings. The Hall–Kier alpha value is -1.70. The maximum atomic E-state index is 12.9. The lowest BCUT2D eigenvalue weighted by atomic mass is 9.91. The number of carbonyl (C=O) groups excluding carboxylic acids is 2. The summed E-state index contributed by atoms with van der Waals surface area (Å²) >= 11 is 3.50. The molecule has 1 amide bonds. The van der Waals surface area contributed by atoms with Gasteiger partial charge in [-0.05, 0) is 49.1 Å². The van der Waals surface area contributed by atoms with E-state index in [4.69, 9.17) is 14.2 Å². The van der Waals surface area contributed by atoms with Crippen LogP contribution < -0.4 is 5.32 Å². The molecule has 1 unspecified atom stereocenters. The van der Waals surface area contributed by atoms with Gasteiger partial charge in [0.2, 0.25) is 0 Å². The Bertz CT molecular complexity index is 759. The Morgan fingerprint density at radius 1 is 1.27 bits per heavy atom. The number of halogens is 1. The lowest BCUT2D eigenvalue weighted by molar-refractivity contribution is -0.145. The minimum absolute atomic E-state index is 0.175. The monoisotopic (exact) mass is 425 g/mol. The van der Waals surface area contributed by atoms with Crippen molar-refractivity contribution in [1.29, 1.82) is 0 Å². The molecule has 1 heterocycles. The molecule has 0 aliphatic carbocycles. The number of benzene rings is 1. The molecule has 0 saturated carbocycles. The van der Waals surface area contributed by atoms with Crippen molar-refractivity contribution in [1.82, 2.24) is 5.32 Å². The average molecular weight is 426 g/mol. The highest BCUT2D eigenvalue weighted by Gasteiger charge is 2.45. The van der Waals surface area contributed by atoms with Gasteiger partial charge in [0.25, 0.3) is 5.91 Å². The van der Waals surface area contributed by atoms with E-state index in [1.165, 1.54) is 14.2 Å². The smallest absolute Gasteiger partial charge is 0.337 e. The van der Waals surface area contributed by atoms with E-state index in [0.29, 0.717) is 5.57 Å². The zero-order valence-corrected chi connectivity index (χ0v) is 17.3. The van der Waals surface area contributed by atoms with Crippen molar-refractivity contribution in [3.63, 3.8) is 0 Å². The minimum atomic E-state index is -0.935. The highest BCUT2D eigenvalue weighted by molar-refractivity contribution is 9.10. The molecule has 1 aliphatic heterocycles. The lowest BCUT2D eigenvalue weighted by Crippen LogP contribution is -2.46. The molecule has 0 fully saturated rings. The third-order valence-electron chi connectivity index (χ3n) is 4.27. The second-order valence-corrected chi connectivity index (χ2v) is 7.36. The van der Waals surface area contributed by atoms with Crippen molar-refractivity contribution in [2.45, 2.75) is 32.7 Å². The second kappa shape index (κ2) is 8.33. The van der Waals surface area contributed by atoms with E-state index in [-0.39, 0.29) is 24.9 Å². The van der Waals surface area contributed by atoms with Crippen molar-refractivity contribution in [3.8, 4) is 0 Å². The van der Waals surface area contributed by atoms with Crippen LogP contribution in [-0.2, 0) is 30.2 Å². The molecule has 26 heavy (non-hydrogen) atoms. The van der Waals surface area contributed by atoms with Gasteiger partial charge in [-0.15, -0.1) is 0 Å². The molecule has 0 radical (unpaired) electrons. The fourth-order valence-corrected chi connectivity index (χ4v) is 3.86. The van der Waals surface area contributed by atoms with Crippen LogP contribution in [0.15, 0.2) is 22.4 Å². The molecule has 0 aromatic heterocycles. The number of hydrogen-bond acceptors (Lipinski definition) is 5. The fourth-order valence-electron chi connectivity index (χ4n) is 3.24. The summed E-state index contributed by atoms with van der Waals surface area (Å²) in [5.74, 6) is -0.581. The standard InChI is InChI=1S/C19H24BrNO5/c1-6-12-8-13(20)7-11(2)15(12)16-17(26-14(22)9-24-4)19(3,10-25-5)21-18(16)23/h7-8H,6,9-10H2,1-5H3,(H,21,23). The number of carbonyl (C=O) groups is 2. The van der Waals surface area contributed by atoms with Crippen LogP contribution in [0.1, 0.15) is 30.5 Å². The number of amides is 1. The fraction of sp³-hybridized carbons (Fsp3) is 0.474. The Kier molecular flexibility index (Phi) is 6.60. The van der Waals surface area contributed by atoms with Gasteiger partial charge < -0.3 is 19.5 Å². The van der Waals surface area contributed by atoms with Gasteiger partial charge in [0, 0.05) is 18.7 Å². The van der Waals surface area contributed by atoms with Crippen LogP contribution in [0.25, 0.3) is 5.57 Å². The topological polar surface area (TPSA) is 73.9 Å². The summed E-state index contributed by atoms with van der Waals surface area (Å²) in [7, 11) is 2.95. The van der Waals surface area contributed by atoms with Crippen LogP contribution in [0, 0.1) is 6.92 Å². The van der Waals surface area contributed by atoms with Gasteiger partial charge in [-0.3, -0.25) is 4.79 Å². The van der Waals surface area contributed by atoms with Gasteiger partial charge >= 0.3 is 5.97 Å². The summed E-state index contributed by atoms with van der Waals surface area (Å²) < 4.78 is 16.6. The number of nitrogens with one attached hydrogen (secondary N) is 1. The largest absolute Gasteiger partial charge is 0.426 e. The third-order valence-corrected chi connectivity index (χ3v) is 4.73. The van der Waals surface area contributed by atoms with Crippen LogP contribution in [0.5, 0.6) is 0 Å². The summed E-state index contributed by atoms with van der Waals surface area (Å²) in [4.78, 5) is 25.0. The maximum Gasteiger partial charge on any atom is 0.337 e. The van der Waals surface area contributed by atoms with E-state index in [2.05, 4.69) is 21.2 Å². The first-order valence-corrected chi connectivity index (χ1v) is 9.11. The molecule has 1 aromatic carbocycles. The van der Waals surface area contributed by atoms with Gasteiger partial charge in [0.1, 0.15) is 17.9 Å². The normalized spacial score (nSPS) is 19.7. The molecule has 0 saturated heterocycles. The minimum Gasteiger partial charge on any atom is -0.426 e. The quantitative estimate of drug-likeness (QED) is 0.679. The van der Waals surface area contributed by atoms with Crippen LogP contribution in [-0.4, -0.2) is 44.8 Å². The Labute approximate surface area is 162 Å². The summed E-state index contributed by atoms with van der Waals surface area (Å²) in [6, 6.07) is 3.92. The summed E-state index contributed by atoms with van der Waals surface area (Å²) in [5.41, 5.74) is 2.13. The highest BCUT2D eigenvalue weighted by Crippen LogP contribution is 2.38. The number of esters is 1. The molecule has 2 rings (SSSR count). The molecule has 7 heteroatoms. The van der Waals surface area contributed by atoms with Gasteiger partial charge in [-0.25, -0.2) is 4.79 Å². The number of aryl methyl sites for hydroxylation is 2. The first-order valence-electron chi connectivity index (χ1n) is 8.32. The van der Waals surface area contributed by atoms with Crippen molar-refractivity contribution >= 4 is 33.4 Å². The van der Waals surface area contributed by atoms with E-state index in [9.17, 15) is 9.59 Å². The molecule has 142 valence electrons. The number of methoxy groups -OCH3 is 2. The van der Waals surface area contributed by atoms with Gasteiger partial charge in [-0.2, -0.15) is 0 Å². The Balaban J connectivity index is 2.70. The van der Waals surface area contributed by atoms with Crippen LogP contribution in [0.3, 0.4) is 0 Å². The zero-order valence-electron chi connectivity index (χ0n) is 15.7. The molecule has 6 nitrogen and oxygen atoms in total. The Morgan fingerprint density at radius 3 is 2.54 bits per heavy atom. The zero-order chi connectivity index (χ0) is 19.5. The summed E-state index contributed by atoms with van der Waals surface area (Å²) in [6.45, 7) is 5.70. The average Bonchev–Trinajstić information content (AvgIpc) is 2.78. The van der Waals surface area contributed by atoms with E-state index in [1.54, 1.807) is 6.92 Å². The first-order chi connectivity index (χ1) is 12.3. The second-order valence-electron chi connectivity index (χ2n) is 6.44. The molecule has 1 N–H and O–H groups in total. The maximum absolute atomic E-state index is 12.9.